The molecule has 1 rings (SSSR count). The third kappa shape index (κ3) is 2.89. The van der Waals surface area contributed by atoms with Gasteiger partial charge in [0.25, 0.3) is 0 Å². The van der Waals surface area contributed by atoms with Gasteiger partial charge in [0.15, 0.2) is 6.29 Å². The zero-order valence-corrected chi connectivity index (χ0v) is 11.1. The summed E-state index contributed by atoms with van der Waals surface area (Å²) < 4.78 is 62.6. The van der Waals surface area contributed by atoms with Crippen LogP contribution < -0.4 is 4.18 Å². The lowest BCUT2D eigenvalue weighted by Crippen LogP contribution is -2.28. The summed E-state index contributed by atoms with van der Waals surface area (Å²) in [5.41, 5.74) is -4.31. The molecule has 0 heterocycles. The van der Waals surface area contributed by atoms with Crippen LogP contribution in [-0.2, 0) is 10.1 Å². The average Bonchev–Trinajstić information content (AvgIpc) is 2.24. The molecule has 0 aliphatic rings. The average molecular weight is 296 g/mol. The molecule has 0 spiro atoms. The Morgan fingerprint density at radius 2 is 1.68 bits per heavy atom. The molecule has 0 radical (unpaired) electrons. The maximum atomic E-state index is 12.2. The van der Waals surface area contributed by atoms with Crippen LogP contribution in [0.25, 0.3) is 0 Å². The fourth-order valence-electron chi connectivity index (χ4n) is 1.50. The summed E-state index contributed by atoms with van der Waals surface area (Å²) in [6.45, 7) is 4.35. The summed E-state index contributed by atoms with van der Waals surface area (Å²) in [5.74, 6) is -0.432. The van der Waals surface area contributed by atoms with Crippen molar-refractivity contribution in [3.05, 3.63) is 28.3 Å². The summed E-state index contributed by atoms with van der Waals surface area (Å²) in [6.07, 6.45) is 0.555. The van der Waals surface area contributed by atoms with Gasteiger partial charge >= 0.3 is 15.6 Å². The number of aldehydes is 1. The number of carbonyl (C=O) groups is 1. The monoisotopic (exact) mass is 296 g/mol. The third-order valence-electron chi connectivity index (χ3n) is 2.71. The molecule has 8 heteroatoms. The van der Waals surface area contributed by atoms with E-state index in [9.17, 15) is 26.4 Å². The van der Waals surface area contributed by atoms with Crippen molar-refractivity contribution in [2.45, 2.75) is 26.3 Å². The molecule has 1 aromatic rings. The number of hydrogen-bond donors (Lipinski definition) is 0. The minimum atomic E-state index is -5.71. The number of benzene rings is 1. The molecule has 0 unspecified atom stereocenters. The maximum absolute atomic E-state index is 12.2. The zero-order valence-electron chi connectivity index (χ0n) is 10.3. The standard InChI is InChI=1S/C11H11F3O4S/c1-6-4-10(8(3)7(2)9(6)5-15)18-19(16,17)11(12,13)14/h4-5H,1-3H3. The third-order valence-corrected chi connectivity index (χ3v) is 3.68. The number of halogens is 3. The van der Waals surface area contributed by atoms with Gasteiger partial charge in [0, 0.05) is 5.56 Å². The lowest BCUT2D eigenvalue weighted by atomic mass is 9.98. The number of carbonyl (C=O) groups excluding carboxylic acids is 1. The summed E-state index contributed by atoms with van der Waals surface area (Å²) in [5, 5.41) is 0. The molecule has 0 bridgehead atoms. The summed E-state index contributed by atoms with van der Waals surface area (Å²) in [7, 11) is -5.71. The first kappa shape index (κ1) is 15.5. The van der Waals surface area contributed by atoms with Crippen LogP contribution in [0, 0.1) is 20.8 Å². The van der Waals surface area contributed by atoms with Crippen molar-refractivity contribution in [1.29, 1.82) is 0 Å². The molecule has 4 nitrogen and oxygen atoms in total. The van der Waals surface area contributed by atoms with E-state index in [1.165, 1.54) is 20.8 Å². The summed E-state index contributed by atoms with van der Waals surface area (Å²) in [4.78, 5) is 10.8. The van der Waals surface area contributed by atoms with E-state index in [1.54, 1.807) is 0 Å². The Bertz CT molecular complexity index is 618. The highest BCUT2D eigenvalue weighted by Gasteiger charge is 2.48. The van der Waals surface area contributed by atoms with E-state index in [0.717, 1.165) is 6.07 Å². The van der Waals surface area contributed by atoms with Gasteiger partial charge in [-0.2, -0.15) is 21.6 Å². The highest BCUT2D eigenvalue weighted by Crippen LogP contribution is 2.32. The molecule has 0 atom stereocenters. The predicted molar refractivity (Wildman–Crippen MR) is 61.6 cm³/mol. The van der Waals surface area contributed by atoms with Crippen molar-refractivity contribution in [3.63, 3.8) is 0 Å². The first-order valence-electron chi connectivity index (χ1n) is 5.08. The number of alkyl halides is 3. The van der Waals surface area contributed by atoms with Gasteiger partial charge in [-0.25, -0.2) is 0 Å². The molecule has 0 aliphatic carbocycles. The fourth-order valence-corrected chi connectivity index (χ4v) is 2.00. The molecule has 0 saturated carbocycles. The second kappa shape index (κ2) is 4.84. The van der Waals surface area contributed by atoms with Gasteiger partial charge in [-0.3, -0.25) is 4.79 Å². The van der Waals surface area contributed by atoms with Crippen molar-refractivity contribution in [2.24, 2.45) is 0 Å². The summed E-state index contributed by atoms with van der Waals surface area (Å²) >= 11 is 0. The van der Waals surface area contributed by atoms with Crippen LogP contribution in [0.3, 0.4) is 0 Å². The van der Waals surface area contributed by atoms with Crippen LogP contribution in [0.5, 0.6) is 5.75 Å². The molecule has 106 valence electrons. The molecule has 1 aromatic carbocycles. The Labute approximate surface area is 108 Å². The highest BCUT2D eigenvalue weighted by molar-refractivity contribution is 7.88. The minimum Gasteiger partial charge on any atom is -0.376 e. The number of rotatable bonds is 3. The molecule has 0 N–H and O–H groups in total. The van der Waals surface area contributed by atoms with Gasteiger partial charge < -0.3 is 4.18 Å². The Balaban J connectivity index is 3.37. The number of hydrogen-bond acceptors (Lipinski definition) is 4. The molecular weight excluding hydrogens is 285 g/mol. The molecule has 0 fully saturated rings. The first-order chi connectivity index (χ1) is 8.51. The maximum Gasteiger partial charge on any atom is 0.534 e. The van der Waals surface area contributed by atoms with Crippen LogP contribution in [0.15, 0.2) is 6.07 Å². The predicted octanol–water partition coefficient (Wildman–Crippen LogP) is 2.65. The van der Waals surface area contributed by atoms with Crippen molar-refractivity contribution < 1.29 is 30.6 Å². The molecule has 19 heavy (non-hydrogen) atoms. The first-order valence-corrected chi connectivity index (χ1v) is 6.49. The van der Waals surface area contributed by atoms with Crippen LogP contribution in [0.1, 0.15) is 27.0 Å². The van der Waals surface area contributed by atoms with E-state index < -0.39 is 21.4 Å². The second-order valence-electron chi connectivity index (χ2n) is 3.96. The van der Waals surface area contributed by atoms with Gasteiger partial charge in [0.05, 0.1) is 0 Å². The largest absolute Gasteiger partial charge is 0.534 e. The molecule has 0 saturated heterocycles. The van der Waals surface area contributed by atoms with Gasteiger partial charge in [0.2, 0.25) is 0 Å². The summed E-state index contributed by atoms with van der Waals surface area (Å²) in [6, 6.07) is 1.09. The van der Waals surface area contributed by atoms with Gasteiger partial charge in [-0.15, -0.1) is 0 Å². The topological polar surface area (TPSA) is 60.4 Å². The van der Waals surface area contributed by atoms with Crippen LogP contribution in [-0.4, -0.2) is 20.2 Å². The van der Waals surface area contributed by atoms with E-state index in [4.69, 9.17) is 0 Å². The molecular formula is C11H11F3O4S. The van der Waals surface area contributed by atoms with Gasteiger partial charge in [-0.1, -0.05) is 0 Å². The lowest BCUT2D eigenvalue weighted by molar-refractivity contribution is -0.0500. The Kier molecular flexibility index (Phi) is 3.94. The zero-order chi connectivity index (χ0) is 15.0. The lowest BCUT2D eigenvalue weighted by Gasteiger charge is -2.15. The van der Waals surface area contributed by atoms with Crippen molar-refractivity contribution in [1.82, 2.24) is 0 Å². The fraction of sp³-hybridized carbons (Fsp3) is 0.364. The van der Waals surface area contributed by atoms with Crippen LogP contribution in [0.4, 0.5) is 13.2 Å². The quantitative estimate of drug-likeness (QED) is 0.489. The number of aryl methyl sites for hydroxylation is 1. The molecule has 0 aliphatic heterocycles. The van der Waals surface area contributed by atoms with Gasteiger partial charge in [-0.05, 0) is 43.5 Å². The van der Waals surface area contributed by atoms with E-state index in [2.05, 4.69) is 4.18 Å². The minimum absolute atomic E-state index is 0.167. The van der Waals surface area contributed by atoms with Gasteiger partial charge in [0.1, 0.15) is 5.75 Å². The molecule has 0 aromatic heterocycles. The van der Waals surface area contributed by atoms with Crippen molar-refractivity contribution >= 4 is 16.4 Å². The Hall–Kier alpha value is -1.57. The van der Waals surface area contributed by atoms with Crippen molar-refractivity contribution in [3.8, 4) is 5.75 Å². The highest BCUT2D eigenvalue weighted by atomic mass is 32.2. The van der Waals surface area contributed by atoms with E-state index in [-0.39, 0.29) is 5.56 Å². The molecule has 0 amide bonds. The Morgan fingerprint density at radius 1 is 1.16 bits per heavy atom. The SMILES string of the molecule is Cc1cc(OS(=O)(=O)C(F)(F)F)c(C)c(C)c1C=O. The Morgan fingerprint density at radius 3 is 2.11 bits per heavy atom. The van der Waals surface area contributed by atoms with E-state index in [1.807, 2.05) is 0 Å². The second-order valence-corrected chi connectivity index (χ2v) is 5.49. The van der Waals surface area contributed by atoms with Crippen molar-refractivity contribution in [2.75, 3.05) is 0 Å². The van der Waals surface area contributed by atoms with Crippen LogP contribution >= 0.6 is 0 Å². The normalized spacial score (nSPS) is 12.3. The van der Waals surface area contributed by atoms with E-state index in [0.29, 0.717) is 23.0 Å². The smallest absolute Gasteiger partial charge is 0.376 e. The van der Waals surface area contributed by atoms with Crippen LogP contribution in [0.2, 0.25) is 0 Å². The van der Waals surface area contributed by atoms with E-state index >= 15 is 0 Å².